The van der Waals surface area contributed by atoms with E-state index in [4.69, 9.17) is 4.74 Å². The number of aromatic hydroxyl groups is 1. The van der Waals surface area contributed by atoms with Crippen LogP contribution in [-0.2, 0) is 0 Å². The van der Waals surface area contributed by atoms with Gasteiger partial charge in [-0.05, 0) is 66.6 Å². The number of ether oxygens (including phenoxy) is 1. The van der Waals surface area contributed by atoms with E-state index < -0.39 is 6.10 Å². The summed E-state index contributed by atoms with van der Waals surface area (Å²) < 4.78 is 5.35. The minimum Gasteiger partial charge on any atom is -0.497 e. The van der Waals surface area contributed by atoms with E-state index in [1.54, 1.807) is 37.6 Å². The molecule has 3 aliphatic heterocycles. The second kappa shape index (κ2) is 12.8. The highest BCUT2D eigenvalue weighted by atomic mass is 16.5. The van der Waals surface area contributed by atoms with E-state index in [2.05, 4.69) is 32.5 Å². The van der Waals surface area contributed by atoms with Crippen LogP contribution in [0, 0.1) is 11.8 Å². The first-order valence-electron chi connectivity index (χ1n) is 14.9. The predicted molar refractivity (Wildman–Crippen MR) is 172 cm³/mol. The Morgan fingerprint density at radius 1 is 1.05 bits per heavy atom. The Labute approximate surface area is 256 Å². The molecular weight excluding hydrogens is 552 g/mol. The van der Waals surface area contributed by atoms with Crippen molar-refractivity contribution in [3.8, 4) is 34.1 Å². The quantitative estimate of drug-likeness (QED) is 0.209. The van der Waals surface area contributed by atoms with Crippen molar-refractivity contribution in [1.29, 1.82) is 0 Å². The lowest BCUT2D eigenvalue weighted by Crippen LogP contribution is -2.54. The highest BCUT2D eigenvalue weighted by Crippen LogP contribution is 2.42. The molecule has 0 radical (unpaired) electrons. The van der Waals surface area contributed by atoms with Crippen molar-refractivity contribution in [2.45, 2.75) is 25.0 Å². The van der Waals surface area contributed by atoms with Crippen molar-refractivity contribution in [1.82, 2.24) is 19.9 Å². The molecule has 5 heterocycles. The fourth-order valence-electron chi connectivity index (χ4n) is 6.50. The fraction of sp³-hybridized carbons (Fsp3) is 0.250. The van der Waals surface area contributed by atoms with Crippen LogP contribution in [0.25, 0.3) is 33.4 Å². The molecule has 8 heteroatoms. The highest BCUT2D eigenvalue weighted by Gasteiger charge is 2.42. The third-order valence-electron chi connectivity index (χ3n) is 8.83. The molecule has 3 unspecified atom stereocenters. The first-order chi connectivity index (χ1) is 21.5. The van der Waals surface area contributed by atoms with Crippen molar-refractivity contribution in [2.24, 2.45) is 11.8 Å². The first-order valence-corrected chi connectivity index (χ1v) is 14.9. The maximum Gasteiger partial charge on any atom is 0.262 e. The zero-order chi connectivity index (χ0) is 30.6. The molecule has 2 aromatic heterocycles. The number of aliphatic hydroxyl groups excluding tert-OH is 1. The number of fused-ring (bicyclic) bond motifs is 4. The van der Waals surface area contributed by atoms with Crippen LogP contribution in [0.1, 0.15) is 24.5 Å². The Balaban J connectivity index is 0.000000159. The minimum absolute atomic E-state index is 0.178. The predicted octanol–water partition coefficient (Wildman–Crippen LogP) is 5.98. The van der Waals surface area contributed by atoms with Crippen molar-refractivity contribution >= 4 is 10.9 Å². The number of aliphatic hydroxyl groups is 1. The number of aromatic nitrogens is 3. The average Bonchev–Trinajstić information content (AvgIpc) is 3.08. The maximum absolute atomic E-state index is 12.2. The Hall–Kier alpha value is -4.79. The molecule has 5 aromatic rings. The van der Waals surface area contributed by atoms with Gasteiger partial charge in [0.25, 0.3) is 5.56 Å². The summed E-state index contributed by atoms with van der Waals surface area (Å²) in [5, 5.41) is 22.2. The molecule has 2 bridgehead atoms. The van der Waals surface area contributed by atoms with Gasteiger partial charge >= 0.3 is 0 Å². The van der Waals surface area contributed by atoms with E-state index in [1.165, 1.54) is 6.42 Å². The SMILES string of the molecule is C=C[C@@H]1CN2CCC1C[C@H]2C(O)c1ccnc2ccc(OC)cc12.O=c1[nH]c(-c2ccccc2)nc(O)c1-c1ccccc1. The second-order valence-electron chi connectivity index (χ2n) is 11.3. The number of H-pyrrole nitrogens is 1. The number of pyridine rings is 1. The number of nitrogens with one attached hydrogen (secondary N) is 1. The molecule has 3 N–H and O–H groups in total. The van der Waals surface area contributed by atoms with Gasteiger partial charge < -0.3 is 19.9 Å². The zero-order valence-corrected chi connectivity index (χ0v) is 24.6. The number of hydrogen-bond acceptors (Lipinski definition) is 7. The Morgan fingerprint density at radius 3 is 2.41 bits per heavy atom. The highest BCUT2D eigenvalue weighted by molar-refractivity contribution is 5.84. The first kappa shape index (κ1) is 29.3. The van der Waals surface area contributed by atoms with Crippen molar-refractivity contribution in [3.05, 3.63) is 120 Å². The largest absolute Gasteiger partial charge is 0.497 e. The number of aromatic amines is 1. The third kappa shape index (κ3) is 5.86. The maximum atomic E-state index is 12.2. The van der Waals surface area contributed by atoms with Gasteiger partial charge in [-0.1, -0.05) is 66.7 Å². The molecule has 3 saturated heterocycles. The number of rotatable bonds is 6. The number of piperidine rings is 3. The molecule has 3 fully saturated rings. The standard InChI is InChI=1S/C20H24N2O2.C16H12N2O2/c1-3-13-12-22-9-7-14(13)10-19(22)20(23)16-6-8-21-18-5-4-15(24-2)11-17(16)18;19-15-13(11-7-3-1-4-8-11)16(20)18-14(17-15)12-9-5-2-6-10-12/h3-6,8,11,13-14,19-20,23H,1,7,9-10,12H2,2H3;1-10H,(H2,17,18,19,20)/t13-,14?,19+,20?;/m1./s1. The monoisotopic (exact) mass is 588 g/mol. The molecule has 3 aromatic carbocycles. The normalized spacial score (nSPS) is 21.2. The second-order valence-corrected chi connectivity index (χ2v) is 11.3. The van der Waals surface area contributed by atoms with Gasteiger partial charge in [-0.3, -0.25) is 14.7 Å². The van der Waals surface area contributed by atoms with Crippen LogP contribution in [0.5, 0.6) is 11.6 Å². The number of hydrogen-bond donors (Lipinski definition) is 3. The van der Waals surface area contributed by atoms with E-state index in [1.807, 2.05) is 60.7 Å². The molecule has 3 aliphatic rings. The molecule has 5 atom stereocenters. The summed E-state index contributed by atoms with van der Waals surface area (Å²) in [6.07, 6.45) is 5.62. The summed E-state index contributed by atoms with van der Waals surface area (Å²) in [4.78, 5) is 25.8. The molecule has 224 valence electrons. The van der Waals surface area contributed by atoms with Gasteiger partial charge in [0.2, 0.25) is 5.88 Å². The van der Waals surface area contributed by atoms with Gasteiger partial charge in [0.1, 0.15) is 17.1 Å². The van der Waals surface area contributed by atoms with Crippen LogP contribution in [0.15, 0.2) is 109 Å². The van der Waals surface area contributed by atoms with E-state index in [9.17, 15) is 15.0 Å². The minimum atomic E-state index is -0.504. The van der Waals surface area contributed by atoms with Gasteiger partial charge in [-0.2, -0.15) is 4.98 Å². The Kier molecular flexibility index (Phi) is 8.54. The van der Waals surface area contributed by atoms with Crippen molar-refractivity contribution in [3.63, 3.8) is 0 Å². The number of methoxy groups -OCH3 is 1. The molecule has 0 spiro atoms. The lowest BCUT2D eigenvalue weighted by molar-refractivity contribution is -0.0444. The lowest BCUT2D eigenvalue weighted by Gasteiger charge is -2.50. The van der Waals surface area contributed by atoms with Gasteiger partial charge in [0.05, 0.1) is 18.7 Å². The van der Waals surface area contributed by atoms with Crippen LogP contribution >= 0.6 is 0 Å². The molecule has 8 rings (SSSR count). The van der Waals surface area contributed by atoms with Crippen LogP contribution in [-0.4, -0.2) is 56.3 Å². The van der Waals surface area contributed by atoms with E-state index >= 15 is 0 Å². The number of nitrogens with zero attached hydrogens (tertiary/aromatic N) is 3. The molecule has 0 aliphatic carbocycles. The summed E-state index contributed by atoms with van der Waals surface area (Å²) in [6, 6.07) is 26.1. The van der Waals surface area contributed by atoms with Gasteiger partial charge in [-0.25, -0.2) is 0 Å². The van der Waals surface area contributed by atoms with Crippen molar-refractivity contribution in [2.75, 3.05) is 20.2 Å². The summed E-state index contributed by atoms with van der Waals surface area (Å²) in [5.41, 5.74) is 3.06. The molecule has 8 nitrogen and oxygen atoms in total. The Morgan fingerprint density at radius 2 is 1.77 bits per heavy atom. The lowest BCUT2D eigenvalue weighted by atomic mass is 9.73. The van der Waals surface area contributed by atoms with Crippen LogP contribution in [0.3, 0.4) is 0 Å². The topological polar surface area (TPSA) is 112 Å². The van der Waals surface area contributed by atoms with Gasteiger partial charge in [0, 0.05) is 29.7 Å². The summed E-state index contributed by atoms with van der Waals surface area (Å²) in [5.74, 6) is 2.10. The molecular formula is C36H36N4O4. The summed E-state index contributed by atoms with van der Waals surface area (Å²) in [7, 11) is 1.66. The molecule has 44 heavy (non-hydrogen) atoms. The van der Waals surface area contributed by atoms with Gasteiger partial charge in [-0.15, -0.1) is 6.58 Å². The van der Waals surface area contributed by atoms with E-state index in [-0.39, 0.29) is 23.0 Å². The van der Waals surface area contributed by atoms with Crippen LogP contribution in [0.4, 0.5) is 0 Å². The molecule has 0 amide bonds. The van der Waals surface area contributed by atoms with E-state index in [0.717, 1.165) is 47.3 Å². The van der Waals surface area contributed by atoms with Crippen molar-refractivity contribution < 1.29 is 14.9 Å². The summed E-state index contributed by atoms with van der Waals surface area (Å²) >= 11 is 0. The van der Waals surface area contributed by atoms with Crippen LogP contribution in [0.2, 0.25) is 0 Å². The Bertz CT molecular complexity index is 1810. The number of benzene rings is 3. The zero-order valence-electron chi connectivity index (χ0n) is 24.6. The summed E-state index contributed by atoms with van der Waals surface area (Å²) in [6.45, 7) is 6.07. The van der Waals surface area contributed by atoms with E-state index in [0.29, 0.717) is 23.2 Å². The fourth-order valence-corrected chi connectivity index (χ4v) is 6.50. The third-order valence-corrected chi connectivity index (χ3v) is 8.83. The average molecular weight is 589 g/mol. The smallest absolute Gasteiger partial charge is 0.262 e. The van der Waals surface area contributed by atoms with Crippen LogP contribution < -0.4 is 10.3 Å². The molecule has 0 saturated carbocycles. The van der Waals surface area contributed by atoms with Gasteiger partial charge in [0.15, 0.2) is 0 Å².